The van der Waals surface area contributed by atoms with Crippen LogP contribution in [0.25, 0.3) is 10.8 Å². The van der Waals surface area contributed by atoms with Crippen molar-refractivity contribution >= 4 is 29.0 Å². The Morgan fingerprint density at radius 1 is 1.26 bits per heavy atom. The molecule has 0 fully saturated rings. The van der Waals surface area contributed by atoms with Gasteiger partial charge in [0.15, 0.2) is 0 Å². The van der Waals surface area contributed by atoms with Crippen molar-refractivity contribution in [3.63, 3.8) is 0 Å². The average Bonchev–Trinajstić information content (AvgIpc) is 3.20. The number of fused-ring (bicyclic) bond motifs is 1. The van der Waals surface area contributed by atoms with E-state index in [-0.39, 0.29) is 23.2 Å². The zero-order valence-electron chi connectivity index (χ0n) is 17.0. The zero-order valence-corrected chi connectivity index (χ0v) is 18.6. The van der Waals surface area contributed by atoms with Gasteiger partial charge in [-0.25, -0.2) is 0 Å². The summed E-state index contributed by atoms with van der Waals surface area (Å²) in [4.78, 5) is 17.2. The summed E-state index contributed by atoms with van der Waals surface area (Å²) in [7, 11) is 0. The number of thioether (sulfide) groups is 1. The Bertz CT molecular complexity index is 789. The summed E-state index contributed by atoms with van der Waals surface area (Å²) >= 11 is 3.10. The lowest BCUT2D eigenvalue weighted by atomic mass is 9.90. The number of nitrogens with zero attached hydrogens (tertiary/aromatic N) is 3. The van der Waals surface area contributed by atoms with Crippen molar-refractivity contribution in [2.45, 2.75) is 83.4 Å². The van der Waals surface area contributed by atoms with Crippen LogP contribution in [0.5, 0.6) is 0 Å². The number of hydrogen-bond donors (Lipinski definition) is 0. The lowest BCUT2D eigenvalue weighted by Gasteiger charge is -2.32. The smallest absolute Gasteiger partial charge is 0.277 e. The van der Waals surface area contributed by atoms with Crippen molar-refractivity contribution in [3.8, 4) is 10.8 Å². The number of carbonyl (C=O) groups excluding carboxylic acids is 1. The minimum atomic E-state index is -0.263. The second kappa shape index (κ2) is 8.35. The molecule has 3 rings (SSSR count). The summed E-state index contributed by atoms with van der Waals surface area (Å²) in [6.07, 6.45) is 3.52. The van der Waals surface area contributed by atoms with Crippen LogP contribution in [-0.4, -0.2) is 38.3 Å². The van der Waals surface area contributed by atoms with Gasteiger partial charge in [0.2, 0.25) is 5.91 Å². The molecule has 0 aliphatic heterocycles. The number of thiophene rings is 1. The Hall–Kier alpha value is -1.34. The minimum Gasteiger partial charge on any atom is -0.410 e. The fourth-order valence-electron chi connectivity index (χ4n) is 3.68. The molecule has 0 radical (unpaired) electrons. The molecular weight excluding hydrogens is 378 g/mol. The van der Waals surface area contributed by atoms with Crippen LogP contribution in [0.2, 0.25) is 0 Å². The molecule has 27 heavy (non-hydrogen) atoms. The molecule has 0 saturated carbocycles. The van der Waals surface area contributed by atoms with E-state index < -0.39 is 0 Å². The van der Waals surface area contributed by atoms with Crippen LogP contribution in [0.1, 0.15) is 58.4 Å². The van der Waals surface area contributed by atoms with Crippen LogP contribution >= 0.6 is 23.1 Å². The highest BCUT2D eigenvalue weighted by molar-refractivity contribution is 8.00. The summed E-state index contributed by atoms with van der Waals surface area (Å²) in [6, 6.07) is 2.53. The van der Waals surface area contributed by atoms with E-state index in [2.05, 4.69) is 23.2 Å². The number of aromatic nitrogens is 2. The van der Waals surface area contributed by atoms with Crippen LogP contribution in [0.3, 0.4) is 0 Å². The molecule has 2 aromatic heterocycles. The lowest BCUT2D eigenvalue weighted by molar-refractivity contribution is -0.133. The standard InChI is InChI=1S/C20H29N3O2S2/c1-11(2)23(12(3)4)19(24)14(6)26-20-22-21-18(25-20)17-10-15-9-13(5)7-8-16(15)27-17/h10-14H,7-9H2,1-6H3/t13-,14+/m1/s1. The van der Waals surface area contributed by atoms with E-state index in [0.717, 1.165) is 23.6 Å². The van der Waals surface area contributed by atoms with E-state index in [1.807, 2.05) is 39.5 Å². The molecule has 148 valence electrons. The SMILES string of the molecule is CC(C)N(C(=O)[C@H](C)Sc1nnc(-c2cc3c(s2)CC[C@@H](C)C3)o1)C(C)C. The van der Waals surface area contributed by atoms with Gasteiger partial charge in [0.05, 0.1) is 10.1 Å². The molecule has 0 N–H and O–H groups in total. The molecule has 5 nitrogen and oxygen atoms in total. The van der Waals surface area contributed by atoms with Gasteiger partial charge >= 0.3 is 0 Å². The second-order valence-electron chi connectivity index (χ2n) is 7.97. The van der Waals surface area contributed by atoms with Crippen LogP contribution in [0, 0.1) is 5.92 Å². The third-order valence-electron chi connectivity index (χ3n) is 4.94. The summed E-state index contributed by atoms with van der Waals surface area (Å²) in [5, 5.41) is 8.58. The van der Waals surface area contributed by atoms with Crippen LogP contribution in [-0.2, 0) is 17.6 Å². The van der Waals surface area contributed by atoms with Gasteiger partial charge in [0, 0.05) is 17.0 Å². The summed E-state index contributed by atoms with van der Waals surface area (Å²) in [6.45, 7) is 12.4. The normalized spacial score (nSPS) is 18.0. The summed E-state index contributed by atoms with van der Waals surface area (Å²) < 4.78 is 5.88. The molecule has 1 aliphatic carbocycles. The first-order valence-corrected chi connectivity index (χ1v) is 11.4. The Balaban J connectivity index is 1.70. The van der Waals surface area contributed by atoms with E-state index in [1.165, 1.54) is 28.6 Å². The van der Waals surface area contributed by atoms with E-state index in [9.17, 15) is 4.79 Å². The fourth-order valence-corrected chi connectivity index (χ4v) is 5.55. The first kappa shape index (κ1) is 20.4. The second-order valence-corrected chi connectivity index (χ2v) is 10.4. The van der Waals surface area contributed by atoms with Crippen molar-refractivity contribution in [3.05, 3.63) is 16.5 Å². The van der Waals surface area contributed by atoms with Crippen molar-refractivity contribution in [2.24, 2.45) is 5.92 Å². The molecule has 2 atom stereocenters. The third-order valence-corrected chi connectivity index (χ3v) is 7.09. The van der Waals surface area contributed by atoms with Crippen LogP contribution in [0.15, 0.2) is 15.7 Å². The number of carbonyl (C=O) groups is 1. The molecular formula is C20H29N3O2S2. The molecule has 1 amide bonds. The average molecular weight is 408 g/mol. The molecule has 2 heterocycles. The summed E-state index contributed by atoms with van der Waals surface area (Å²) in [5.41, 5.74) is 1.43. The van der Waals surface area contributed by atoms with Crippen LogP contribution in [0.4, 0.5) is 0 Å². The van der Waals surface area contributed by atoms with Gasteiger partial charge in [-0.15, -0.1) is 21.5 Å². The maximum absolute atomic E-state index is 12.8. The minimum absolute atomic E-state index is 0.102. The molecule has 0 spiro atoms. The summed E-state index contributed by atoms with van der Waals surface area (Å²) in [5.74, 6) is 1.41. The fraction of sp³-hybridized carbons (Fsp3) is 0.650. The highest BCUT2D eigenvalue weighted by atomic mass is 32.2. The predicted octanol–water partition coefficient (Wildman–Crippen LogP) is 5.05. The largest absolute Gasteiger partial charge is 0.410 e. The molecule has 0 bridgehead atoms. The van der Waals surface area contributed by atoms with Crippen molar-refractivity contribution in [2.75, 3.05) is 0 Å². The first-order valence-electron chi connectivity index (χ1n) is 9.70. The lowest BCUT2D eigenvalue weighted by Crippen LogP contribution is -2.45. The number of hydrogen-bond acceptors (Lipinski definition) is 6. The zero-order chi connectivity index (χ0) is 19.7. The number of amides is 1. The molecule has 2 aromatic rings. The van der Waals surface area contributed by atoms with Crippen molar-refractivity contribution in [1.82, 2.24) is 15.1 Å². The van der Waals surface area contributed by atoms with Gasteiger partial charge in [0.25, 0.3) is 11.1 Å². The van der Waals surface area contributed by atoms with Gasteiger partial charge in [-0.2, -0.15) is 0 Å². The van der Waals surface area contributed by atoms with E-state index >= 15 is 0 Å². The first-order chi connectivity index (χ1) is 12.8. The maximum atomic E-state index is 12.8. The third kappa shape index (κ3) is 4.57. The molecule has 0 unspecified atom stereocenters. The Morgan fingerprint density at radius 2 is 1.96 bits per heavy atom. The predicted molar refractivity (Wildman–Crippen MR) is 111 cm³/mol. The van der Waals surface area contributed by atoms with Gasteiger partial charge < -0.3 is 9.32 Å². The molecule has 0 saturated heterocycles. The van der Waals surface area contributed by atoms with Gasteiger partial charge in [-0.3, -0.25) is 4.79 Å². The number of rotatable bonds is 6. The molecule has 1 aliphatic rings. The van der Waals surface area contributed by atoms with Gasteiger partial charge in [-0.05, 0) is 71.4 Å². The molecule has 7 heteroatoms. The highest BCUT2D eigenvalue weighted by Crippen LogP contribution is 2.37. The quantitative estimate of drug-likeness (QED) is 0.627. The highest BCUT2D eigenvalue weighted by Gasteiger charge is 2.28. The molecule has 0 aromatic carbocycles. The number of aryl methyl sites for hydroxylation is 1. The van der Waals surface area contributed by atoms with E-state index in [0.29, 0.717) is 11.1 Å². The van der Waals surface area contributed by atoms with Gasteiger partial charge in [0.1, 0.15) is 0 Å². The van der Waals surface area contributed by atoms with Crippen molar-refractivity contribution in [1.29, 1.82) is 0 Å². The van der Waals surface area contributed by atoms with Crippen LogP contribution < -0.4 is 0 Å². The Labute approximate surface area is 169 Å². The topological polar surface area (TPSA) is 59.2 Å². The van der Waals surface area contributed by atoms with E-state index in [4.69, 9.17) is 4.42 Å². The maximum Gasteiger partial charge on any atom is 0.277 e. The van der Waals surface area contributed by atoms with Gasteiger partial charge in [-0.1, -0.05) is 18.7 Å². The van der Waals surface area contributed by atoms with E-state index in [1.54, 1.807) is 11.3 Å². The van der Waals surface area contributed by atoms with Crippen molar-refractivity contribution < 1.29 is 9.21 Å². The monoisotopic (exact) mass is 407 g/mol. The Morgan fingerprint density at radius 3 is 2.63 bits per heavy atom. The Kier molecular flexibility index (Phi) is 6.31.